The van der Waals surface area contributed by atoms with Crippen LogP contribution in [-0.4, -0.2) is 98.3 Å². The standard InChI is InChI=1S/C27H34FN3O14/c1-24-6-5-15(32)7-14(24)3-4-17-18-9-19(33)27(38,25(18,2)10-20(34)26(17,24)28)21(35)13-43-23(37)11-29-22(36)8-16(45-31(41)42)12-44-30(39)40/h5-7,16-20,33-34,38H,3-4,8-13H2,1-2H3,(H,29,36)/t16?,17?,18?,19-,20+,24+,25+,26+,27+/m1/s1. The van der Waals surface area contributed by atoms with Crippen molar-refractivity contribution in [1.29, 1.82) is 0 Å². The highest BCUT2D eigenvalue weighted by atomic mass is 19.1. The summed E-state index contributed by atoms with van der Waals surface area (Å²) in [4.78, 5) is 78.6. The third-order valence-corrected chi connectivity index (χ3v) is 10.1. The van der Waals surface area contributed by atoms with Crippen molar-refractivity contribution in [3.05, 3.63) is 44.0 Å². The molecule has 0 aliphatic heterocycles. The average Bonchev–Trinajstić information content (AvgIpc) is 3.15. The number of aliphatic hydroxyl groups excluding tert-OH is 2. The summed E-state index contributed by atoms with van der Waals surface area (Å²) in [6, 6.07) is 0. The largest absolute Gasteiger partial charge is 0.456 e. The fourth-order valence-electron chi connectivity index (χ4n) is 7.88. The number of nitrogens with zero attached hydrogens (tertiary/aromatic N) is 2. The Labute approximate surface area is 254 Å². The number of alkyl halides is 1. The zero-order chi connectivity index (χ0) is 33.5. The van der Waals surface area contributed by atoms with Crippen LogP contribution < -0.4 is 5.32 Å². The number of halogens is 1. The zero-order valence-corrected chi connectivity index (χ0v) is 24.4. The maximum absolute atomic E-state index is 17.2. The molecule has 1 amide bonds. The number of rotatable bonds is 12. The Balaban J connectivity index is 1.40. The molecule has 3 saturated carbocycles. The van der Waals surface area contributed by atoms with Gasteiger partial charge in [0.2, 0.25) is 11.7 Å². The summed E-state index contributed by atoms with van der Waals surface area (Å²) < 4.78 is 22.1. The molecule has 4 aliphatic rings. The van der Waals surface area contributed by atoms with Gasteiger partial charge in [0.15, 0.2) is 23.7 Å². The van der Waals surface area contributed by atoms with Gasteiger partial charge in [-0.15, -0.1) is 20.2 Å². The van der Waals surface area contributed by atoms with Gasteiger partial charge in [-0.25, -0.2) is 4.39 Å². The predicted octanol–water partition coefficient (Wildman–Crippen LogP) is -0.537. The van der Waals surface area contributed by atoms with Crippen LogP contribution in [0, 0.1) is 42.9 Å². The van der Waals surface area contributed by atoms with E-state index < -0.39 is 113 Å². The van der Waals surface area contributed by atoms with Crippen LogP contribution in [0.25, 0.3) is 0 Å². The molecule has 18 heteroatoms. The molecule has 9 atom stereocenters. The van der Waals surface area contributed by atoms with Crippen molar-refractivity contribution in [2.75, 3.05) is 19.8 Å². The van der Waals surface area contributed by atoms with E-state index >= 15 is 4.39 Å². The molecule has 0 heterocycles. The maximum Gasteiger partial charge on any atom is 0.325 e. The van der Waals surface area contributed by atoms with Crippen LogP contribution >= 0.6 is 0 Å². The van der Waals surface area contributed by atoms with Crippen molar-refractivity contribution in [3.8, 4) is 0 Å². The molecular weight excluding hydrogens is 609 g/mol. The summed E-state index contributed by atoms with van der Waals surface area (Å²) in [5, 5.41) is 54.4. The fourth-order valence-corrected chi connectivity index (χ4v) is 7.88. The first-order valence-corrected chi connectivity index (χ1v) is 14.2. The van der Waals surface area contributed by atoms with Crippen molar-refractivity contribution < 1.29 is 63.5 Å². The van der Waals surface area contributed by atoms with E-state index in [0.29, 0.717) is 12.0 Å². The summed E-state index contributed by atoms with van der Waals surface area (Å²) in [5.74, 6) is -5.27. The number of hydrogen-bond acceptors (Lipinski definition) is 14. The maximum atomic E-state index is 17.2. The van der Waals surface area contributed by atoms with Gasteiger partial charge in [0.25, 0.3) is 10.2 Å². The Kier molecular flexibility index (Phi) is 9.07. The van der Waals surface area contributed by atoms with Crippen LogP contribution in [0.1, 0.15) is 46.0 Å². The highest BCUT2D eigenvalue weighted by molar-refractivity contribution is 6.01. The number of carbonyl (C=O) groups excluding carboxylic acids is 4. The molecule has 3 unspecified atom stereocenters. The fraction of sp³-hybridized carbons (Fsp3) is 0.704. The second-order valence-electron chi connectivity index (χ2n) is 12.3. The summed E-state index contributed by atoms with van der Waals surface area (Å²) in [6.45, 7) is 0.218. The van der Waals surface area contributed by atoms with Crippen LogP contribution in [0.2, 0.25) is 0 Å². The second kappa shape index (κ2) is 12.1. The number of allylic oxidation sites excluding steroid dienone is 4. The SMILES string of the molecule is C[C@]12C=CC(=O)C=C1CCC1C3C[C@@H](O)[C@](O)(C(=O)COC(=O)CNC(=O)CC(CO[N+](=O)[O-])O[N+](=O)[O-])[C@@]3(C)C[C@H](O)[C@@]12F. The Morgan fingerprint density at radius 2 is 1.84 bits per heavy atom. The lowest BCUT2D eigenvalue weighted by Crippen LogP contribution is -2.69. The van der Waals surface area contributed by atoms with Gasteiger partial charge in [-0.2, -0.15) is 0 Å². The van der Waals surface area contributed by atoms with Gasteiger partial charge < -0.3 is 35.0 Å². The van der Waals surface area contributed by atoms with Crippen molar-refractivity contribution in [1.82, 2.24) is 5.32 Å². The summed E-state index contributed by atoms with van der Waals surface area (Å²) in [5.41, 5.74) is -7.13. The Morgan fingerprint density at radius 3 is 2.49 bits per heavy atom. The molecule has 4 N–H and O–H groups in total. The van der Waals surface area contributed by atoms with Gasteiger partial charge in [0.1, 0.15) is 19.3 Å². The normalized spacial score (nSPS) is 37.2. The number of aliphatic hydroxyl groups is 3. The van der Waals surface area contributed by atoms with Crippen LogP contribution in [0.5, 0.6) is 0 Å². The van der Waals surface area contributed by atoms with Crippen molar-refractivity contribution in [2.24, 2.45) is 22.7 Å². The molecule has 248 valence electrons. The zero-order valence-electron chi connectivity index (χ0n) is 24.4. The van der Waals surface area contributed by atoms with Crippen molar-refractivity contribution in [2.45, 2.75) is 75.5 Å². The molecule has 4 aliphatic carbocycles. The Hall–Kier alpha value is -4.03. The van der Waals surface area contributed by atoms with E-state index in [9.17, 15) is 54.7 Å². The average molecular weight is 644 g/mol. The molecule has 3 fully saturated rings. The third-order valence-electron chi connectivity index (χ3n) is 10.1. The lowest BCUT2D eigenvalue weighted by molar-refractivity contribution is -0.789. The van der Waals surface area contributed by atoms with E-state index in [2.05, 4.69) is 9.68 Å². The van der Waals surface area contributed by atoms with Crippen LogP contribution in [-0.2, 0) is 33.6 Å². The highest BCUT2D eigenvalue weighted by Crippen LogP contribution is 2.69. The van der Waals surface area contributed by atoms with Gasteiger partial charge in [-0.1, -0.05) is 18.6 Å². The number of nitrogens with one attached hydrogen (secondary N) is 1. The van der Waals surface area contributed by atoms with E-state index in [0.717, 1.165) is 0 Å². The van der Waals surface area contributed by atoms with Crippen molar-refractivity contribution >= 4 is 23.4 Å². The first-order valence-electron chi connectivity index (χ1n) is 14.2. The van der Waals surface area contributed by atoms with E-state index in [1.807, 2.05) is 5.32 Å². The lowest BCUT2D eigenvalue weighted by Gasteiger charge is -2.62. The summed E-state index contributed by atoms with van der Waals surface area (Å²) in [6.07, 6.45) is -1.91. The Morgan fingerprint density at radius 1 is 1.16 bits per heavy atom. The topological polar surface area (TPSA) is 255 Å². The monoisotopic (exact) mass is 643 g/mol. The molecule has 0 bridgehead atoms. The summed E-state index contributed by atoms with van der Waals surface area (Å²) >= 11 is 0. The predicted molar refractivity (Wildman–Crippen MR) is 143 cm³/mol. The molecule has 17 nitrogen and oxygen atoms in total. The van der Waals surface area contributed by atoms with Gasteiger partial charge in [-0.3, -0.25) is 19.2 Å². The minimum atomic E-state index is -2.54. The number of ether oxygens (including phenoxy) is 1. The molecule has 0 radical (unpaired) electrons. The minimum absolute atomic E-state index is 0.183. The van der Waals surface area contributed by atoms with E-state index in [1.54, 1.807) is 6.92 Å². The molecular formula is C27H34FN3O14. The van der Waals surface area contributed by atoms with Crippen LogP contribution in [0.4, 0.5) is 4.39 Å². The second-order valence-corrected chi connectivity index (χ2v) is 12.3. The molecule has 0 aromatic heterocycles. The number of amides is 1. The van der Waals surface area contributed by atoms with Gasteiger partial charge >= 0.3 is 5.97 Å². The molecule has 45 heavy (non-hydrogen) atoms. The van der Waals surface area contributed by atoms with Gasteiger partial charge in [0, 0.05) is 16.7 Å². The van der Waals surface area contributed by atoms with Crippen LogP contribution in [0.15, 0.2) is 23.8 Å². The Bertz CT molecular complexity index is 1360. The van der Waals surface area contributed by atoms with Gasteiger partial charge in [0.05, 0.1) is 18.6 Å². The number of Topliss-reactive ketones (excluding diaryl/α,β-unsaturated/α-hetero) is 1. The first kappa shape index (κ1) is 33.9. The number of carbonyl (C=O) groups is 4. The number of esters is 1. The van der Waals surface area contributed by atoms with Crippen molar-refractivity contribution in [3.63, 3.8) is 0 Å². The van der Waals surface area contributed by atoms with E-state index in [-0.39, 0.29) is 18.6 Å². The minimum Gasteiger partial charge on any atom is -0.456 e. The third kappa shape index (κ3) is 5.65. The number of fused-ring (bicyclic) bond motifs is 5. The number of ketones is 2. The van der Waals surface area contributed by atoms with Crippen LogP contribution in [0.3, 0.4) is 0 Å². The molecule has 4 rings (SSSR count). The molecule has 0 saturated heterocycles. The summed E-state index contributed by atoms with van der Waals surface area (Å²) in [7, 11) is 0. The van der Waals surface area contributed by atoms with Gasteiger partial charge in [-0.05, 0) is 50.7 Å². The molecule has 0 aromatic carbocycles. The van der Waals surface area contributed by atoms with E-state index in [1.165, 1.54) is 25.2 Å². The van der Waals surface area contributed by atoms with E-state index in [4.69, 9.17) is 4.74 Å². The first-order chi connectivity index (χ1) is 20.9. The molecule has 0 aromatic rings. The highest BCUT2D eigenvalue weighted by Gasteiger charge is 2.76. The molecule has 0 spiro atoms. The smallest absolute Gasteiger partial charge is 0.325 e. The number of hydrogen-bond donors (Lipinski definition) is 4. The quantitative estimate of drug-likeness (QED) is 0.118. The lowest BCUT2D eigenvalue weighted by atomic mass is 9.44.